The lowest BCUT2D eigenvalue weighted by Gasteiger charge is -1.98. The molecule has 5 heteroatoms. The van der Waals surface area contributed by atoms with Gasteiger partial charge in [-0.3, -0.25) is 14.9 Å². The first-order chi connectivity index (χ1) is 7.50. The third-order valence-corrected chi connectivity index (χ3v) is 2.06. The van der Waals surface area contributed by atoms with Crippen molar-refractivity contribution in [3.05, 3.63) is 45.5 Å². The molecule has 5 nitrogen and oxygen atoms in total. The molecule has 0 bridgehead atoms. The van der Waals surface area contributed by atoms with Gasteiger partial charge in [-0.2, -0.15) is 0 Å². The van der Waals surface area contributed by atoms with Crippen LogP contribution in [0.4, 0.5) is 5.69 Å². The molecule has 0 aliphatic carbocycles. The van der Waals surface area contributed by atoms with E-state index in [4.69, 9.17) is 5.73 Å². The number of carbonyl (C=O) groups excluding carboxylic acids is 1. The Kier molecular flexibility index (Phi) is 3.77. The third-order valence-electron chi connectivity index (χ3n) is 2.06. The molecule has 2 N–H and O–H groups in total. The summed E-state index contributed by atoms with van der Waals surface area (Å²) in [5.74, 6) is -0.433. The number of amides is 1. The molecule has 0 atom stereocenters. The maximum absolute atomic E-state index is 10.7. The Morgan fingerprint density at radius 3 is 2.81 bits per heavy atom. The van der Waals surface area contributed by atoms with Gasteiger partial charge in [0, 0.05) is 18.1 Å². The molecule has 16 heavy (non-hydrogen) atoms. The van der Waals surface area contributed by atoms with Crippen molar-refractivity contribution in [2.24, 2.45) is 5.73 Å². The highest BCUT2D eigenvalue weighted by molar-refractivity contribution is 5.76. The van der Waals surface area contributed by atoms with Crippen LogP contribution < -0.4 is 5.73 Å². The number of nitro benzene ring substituents is 1. The molecule has 1 aromatic carbocycles. The van der Waals surface area contributed by atoms with E-state index in [0.29, 0.717) is 11.1 Å². The van der Waals surface area contributed by atoms with E-state index in [9.17, 15) is 14.9 Å². The molecule has 0 aliphatic rings. The lowest BCUT2D eigenvalue weighted by Crippen LogP contribution is -2.07. The fourth-order valence-electron chi connectivity index (χ4n) is 1.24. The van der Waals surface area contributed by atoms with E-state index in [1.54, 1.807) is 31.2 Å². The van der Waals surface area contributed by atoms with Gasteiger partial charge in [0.2, 0.25) is 5.91 Å². The fourth-order valence-corrected chi connectivity index (χ4v) is 1.24. The number of hydrogen-bond acceptors (Lipinski definition) is 3. The van der Waals surface area contributed by atoms with Crippen LogP contribution >= 0.6 is 0 Å². The van der Waals surface area contributed by atoms with E-state index < -0.39 is 10.8 Å². The second kappa shape index (κ2) is 5.06. The first-order valence-corrected chi connectivity index (χ1v) is 4.70. The van der Waals surface area contributed by atoms with Gasteiger partial charge in [-0.1, -0.05) is 24.3 Å². The van der Waals surface area contributed by atoms with Gasteiger partial charge in [-0.15, -0.1) is 0 Å². The Labute approximate surface area is 92.7 Å². The van der Waals surface area contributed by atoms with Crippen LogP contribution in [0.25, 0.3) is 6.08 Å². The quantitative estimate of drug-likeness (QED) is 0.619. The second-order valence-electron chi connectivity index (χ2n) is 3.38. The normalized spacial score (nSPS) is 10.6. The first kappa shape index (κ1) is 11.9. The Hall–Kier alpha value is -2.17. The summed E-state index contributed by atoms with van der Waals surface area (Å²) < 4.78 is 0. The molecule has 0 radical (unpaired) electrons. The van der Waals surface area contributed by atoms with E-state index >= 15 is 0 Å². The zero-order chi connectivity index (χ0) is 12.1. The summed E-state index contributed by atoms with van der Waals surface area (Å²) in [7, 11) is 0. The van der Waals surface area contributed by atoms with Crippen molar-refractivity contribution in [3.8, 4) is 0 Å². The average molecular weight is 220 g/mol. The van der Waals surface area contributed by atoms with Crippen LogP contribution in [0, 0.1) is 17.0 Å². The minimum absolute atomic E-state index is 0.0706. The van der Waals surface area contributed by atoms with Crippen LogP contribution in [0.15, 0.2) is 24.3 Å². The van der Waals surface area contributed by atoms with Crippen LogP contribution in [-0.2, 0) is 4.79 Å². The molecule has 1 aromatic rings. The summed E-state index contributed by atoms with van der Waals surface area (Å²) in [6, 6.07) is 4.88. The van der Waals surface area contributed by atoms with Crippen LogP contribution in [-0.4, -0.2) is 10.8 Å². The zero-order valence-electron chi connectivity index (χ0n) is 8.84. The second-order valence-corrected chi connectivity index (χ2v) is 3.38. The number of primary amides is 1. The smallest absolute Gasteiger partial charge is 0.272 e. The SMILES string of the molecule is Cc1ccc(C=CCC(N)=O)cc1[N+](=O)[O-]. The van der Waals surface area contributed by atoms with Crippen molar-refractivity contribution in [3.63, 3.8) is 0 Å². The average Bonchev–Trinajstić information content (AvgIpc) is 2.19. The van der Waals surface area contributed by atoms with Gasteiger partial charge in [0.15, 0.2) is 0 Å². The molecular weight excluding hydrogens is 208 g/mol. The Morgan fingerprint density at radius 2 is 2.25 bits per heavy atom. The topological polar surface area (TPSA) is 86.2 Å². The van der Waals surface area contributed by atoms with Gasteiger partial charge in [0.05, 0.1) is 4.92 Å². The van der Waals surface area contributed by atoms with Crippen molar-refractivity contribution in [1.29, 1.82) is 0 Å². The van der Waals surface area contributed by atoms with Gasteiger partial charge < -0.3 is 5.73 Å². The molecule has 1 amide bonds. The number of nitrogens with two attached hydrogens (primary N) is 1. The van der Waals surface area contributed by atoms with Crippen LogP contribution in [0.5, 0.6) is 0 Å². The van der Waals surface area contributed by atoms with Crippen molar-refractivity contribution in [1.82, 2.24) is 0 Å². The molecule has 1 rings (SSSR count). The predicted octanol–water partition coefficient (Wildman–Crippen LogP) is 1.79. The van der Waals surface area contributed by atoms with E-state index in [2.05, 4.69) is 0 Å². The molecule has 0 fully saturated rings. The van der Waals surface area contributed by atoms with Gasteiger partial charge in [0.25, 0.3) is 5.69 Å². The highest BCUT2D eigenvalue weighted by Crippen LogP contribution is 2.19. The molecule has 0 aliphatic heterocycles. The summed E-state index contributed by atoms with van der Waals surface area (Å²) >= 11 is 0. The minimum atomic E-state index is -0.433. The summed E-state index contributed by atoms with van der Waals surface area (Å²) in [4.78, 5) is 20.7. The number of hydrogen-bond donors (Lipinski definition) is 1. The van der Waals surface area contributed by atoms with E-state index in [1.807, 2.05) is 0 Å². The third kappa shape index (κ3) is 3.20. The highest BCUT2D eigenvalue weighted by Gasteiger charge is 2.09. The zero-order valence-corrected chi connectivity index (χ0v) is 8.84. The molecular formula is C11H12N2O3. The monoisotopic (exact) mass is 220 g/mol. The molecule has 0 heterocycles. The summed E-state index contributed by atoms with van der Waals surface area (Å²) in [5.41, 5.74) is 6.32. The van der Waals surface area contributed by atoms with Crippen LogP contribution in [0.1, 0.15) is 17.5 Å². The summed E-state index contributed by atoms with van der Waals surface area (Å²) in [6.07, 6.45) is 3.34. The number of rotatable bonds is 4. The Balaban J connectivity index is 2.91. The molecule has 0 saturated heterocycles. The number of aryl methyl sites for hydroxylation is 1. The van der Waals surface area contributed by atoms with Gasteiger partial charge >= 0.3 is 0 Å². The molecule has 0 aromatic heterocycles. The summed E-state index contributed by atoms with van der Waals surface area (Å²) in [6.45, 7) is 1.68. The lowest BCUT2D eigenvalue weighted by molar-refractivity contribution is -0.385. The molecule has 0 unspecified atom stereocenters. The Morgan fingerprint density at radius 1 is 1.56 bits per heavy atom. The van der Waals surface area contributed by atoms with E-state index in [0.717, 1.165) is 0 Å². The van der Waals surface area contributed by atoms with Crippen LogP contribution in [0.2, 0.25) is 0 Å². The van der Waals surface area contributed by atoms with E-state index in [1.165, 1.54) is 6.07 Å². The number of benzene rings is 1. The lowest BCUT2D eigenvalue weighted by atomic mass is 10.1. The molecule has 84 valence electrons. The van der Waals surface area contributed by atoms with Gasteiger partial charge in [0.1, 0.15) is 0 Å². The van der Waals surface area contributed by atoms with Crippen molar-refractivity contribution in [2.75, 3.05) is 0 Å². The Bertz CT molecular complexity index is 453. The molecule has 0 saturated carbocycles. The number of nitro groups is 1. The van der Waals surface area contributed by atoms with Gasteiger partial charge in [-0.25, -0.2) is 0 Å². The van der Waals surface area contributed by atoms with Gasteiger partial charge in [-0.05, 0) is 12.5 Å². The summed E-state index contributed by atoms with van der Waals surface area (Å²) in [5, 5.41) is 10.7. The maximum Gasteiger partial charge on any atom is 0.272 e. The number of nitrogens with zero attached hydrogens (tertiary/aromatic N) is 1. The fraction of sp³-hybridized carbons (Fsp3) is 0.182. The standard InChI is InChI=1S/C11H12N2O3/c1-8-5-6-9(3-2-4-11(12)14)7-10(8)13(15)16/h2-3,5-7H,4H2,1H3,(H2,12,14). The number of carbonyl (C=O) groups is 1. The largest absolute Gasteiger partial charge is 0.369 e. The van der Waals surface area contributed by atoms with E-state index in [-0.39, 0.29) is 12.1 Å². The van der Waals surface area contributed by atoms with Crippen molar-refractivity contribution in [2.45, 2.75) is 13.3 Å². The maximum atomic E-state index is 10.7. The molecule has 0 spiro atoms. The highest BCUT2D eigenvalue weighted by atomic mass is 16.6. The minimum Gasteiger partial charge on any atom is -0.369 e. The van der Waals surface area contributed by atoms with Crippen molar-refractivity contribution >= 4 is 17.7 Å². The van der Waals surface area contributed by atoms with Crippen LogP contribution in [0.3, 0.4) is 0 Å². The predicted molar refractivity (Wildman–Crippen MR) is 60.7 cm³/mol. The first-order valence-electron chi connectivity index (χ1n) is 4.70. The van der Waals surface area contributed by atoms with Crippen molar-refractivity contribution < 1.29 is 9.72 Å².